The summed E-state index contributed by atoms with van der Waals surface area (Å²) >= 11 is 6.22. The highest BCUT2D eigenvalue weighted by Crippen LogP contribution is 2.30. The van der Waals surface area contributed by atoms with Crippen LogP contribution in [0.5, 0.6) is 5.75 Å². The number of halogens is 2. The lowest BCUT2D eigenvalue weighted by atomic mass is 10.0. The van der Waals surface area contributed by atoms with E-state index in [2.05, 4.69) is 4.99 Å². The van der Waals surface area contributed by atoms with Gasteiger partial charge in [-0.2, -0.15) is 0 Å². The molecule has 0 aromatic heterocycles. The van der Waals surface area contributed by atoms with Crippen LogP contribution in [0.4, 0.5) is 10.1 Å². The molecule has 0 bridgehead atoms. The van der Waals surface area contributed by atoms with Crippen LogP contribution in [-0.2, 0) is 6.61 Å². The number of hydrogen-bond acceptors (Lipinski definition) is 2. The lowest BCUT2D eigenvalue weighted by molar-refractivity contribution is 0.305. The molecule has 0 radical (unpaired) electrons. The maximum Gasteiger partial charge on any atom is 0.129 e. The van der Waals surface area contributed by atoms with Crippen LogP contribution in [0.2, 0.25) is 5.02 Å². The summed E-state index contributed by atoms with van der Waals surface area (Å²) in [6, 6.07) is 24.1. The minimum absolute atomic E-state index is 0.271. The molecule has 0 aliphatic carbocycles. The Morgan fingerprint density at radius 1 is 0.966 bits per heavy atom. The normalized spacial score (nSPS) is 11.3. The molecule has 4 heteroatoms. The fraction of sp³-hybridized carbons (Fsp3) is 0.0800. The van der Waals surface area contributed by atoms with Gasteiger partial charge in [0, 0.05) is 16.8 Å². The fourth-order valence-electron chi connectivity index (χ4n) is 3.19. The second kappa shape index (κ2) is 8.46. The average Bonchev–Trinajstić information content (AvgIpc) is 2.73. The molecular formula is C25H19ClFNO. The van der Waals surface area contributed by atoms with E-state index in [1.54, 1.807) is 6.07 Å². The standard InChI is InChI=1S/C25H19ClFNO/c1-17-23(26)10-5-11-24(17)28-15-22-21-9-3-2-7-19(21)12-13-25(22)29-16-18-6-4-8-20(27)14-18/h2-15H,16H2,1H3. The second-order valence-electron chi connectivity index (χ2n) is 6.76. The molecule has 4 aromatic carbocycles. The predicted molar refractivity (Wildman–Crippen MR) is 118 cm³/mol. The summed E-state index contributed by atoms with van der Waals surface area (Å²) in [5.41, 5.74) is 3.38. The molecule has 0 aliphatic rings. The van der Waals surface area contributed by atoms with Gasteiger partial charge in [0.25, 0.3) is 0 Å². The minimum Gasteiger partial charge on any atom is -0.488 e. The van der Waals surface area contributed by atoms with Crippen LogP contribution in [-0.4, -0.2) is 6.21 Å². The van der Waals surface area contributed by atoms with E-state index in [1.807, 2.05) is 73.8 Å². The molecule has 0 unspecified atom stereocenters. The molecule has 0 spiro atoms. The van der Waals surface area contributed by atoms with Crippen molar-refractivity contribution in [2.75, 3.05) is 0 Å². The maximum absolute atomic E-state index is 13.5. The van der Waals surface area contributed by atoms with Crippen LogP contribution in [0.25, 0.3) is 10.8 Å². The monoisotopic (exact) mass is 403 g/mol. The molecule has 144 valence electrons. The van der Waals surface area contributed by atoms with Gasteiger partial charge in [-0.3, -0.25) is 4.99 Å². The molecule has 0 fully saturated rings. The number of aliphatic imine (C=N–C) groups is 1. The van der Waals surface area contributed by atoms with Gasteiger partial charge in [0.15, 0.2) is 0 Å². The van der Waals surface area contributed by atoms with Crippen molar-refractivity contribution in [1.29, 1.82) is 0 Å². The number of benzene rings is 4. The predicted octanol–water partition coefficient (Wildman–Crippen LogP) is 7.27. The van der Waals surface area contributed by atoms with Gasteiger partial charge in [-0.15, -0.1) is 0 Å². The molecule has 0 aliphatic heterocycles. The Kier molecular flexibility index (Phi) is 5.59. The summed E-state index contributed by atoms with van der Waals surface area (Å²) in [4.78, 5) is 4.67. The lowest BCUT2D eigenvalue weighted by Crippen LogP contribution is -1.99. The topological polar surface area (TPSA) is 21.6 Å². The average molecular weight is 404 g/mol. The first-order valence-corrected chi connectivity index (χ1v) is 9.68. The number of rotatable bonds is 5. The summed E-state index contributed by atoms with van der Waals surface area (Å²) in [5.74, 6) is 0.416. The van der Waals surface area contributed by atoms with Crippen molar-refractivity contribution in [3.8, 4) is 5.75 Å². The molecule has 0 saturated carbocycles. The van der Waals surface area contributed by atoms with E-state index in [9.17, 15) is 4.39 Å². The van der Waals surface area contributed by atoms with E-state index in [4.69, 9.17) is 16.3 Å². The second-order valence-corrected chi connectivity index (χ2v) is 7.17. The molecular weight excluding hydrogens is 385 g/mol. The number of hydrogen-bond donors (Lipinski definition) is 0. The zero-order valence-corrected chi connectivity index (χ0v) is 16.7. The van der Waals surface area contributed by atoms with Crippen LogP contribution >= 0.6 is 11.6 Å². The third-order valence-corrected chi connectivity index (χ3v) is 5.20. The Balaban J connectivity index is 1.72. The third-order valence-electron chi connectivity index (χ3n) is 4.79. The molecule has 4 aromatic rings. The minimum atomic E-state index is -0.275. The molecule has 0 atom stereocenters. The summed E-state index contributed by atoms with van der Waals surface area (Å²) in [6.45, 7) is 2.21. The van der Waals surface area contributed by atoms with Crippen molar-refractivity contribution in [2.24, 2.45) is 4.99 Å². The smallest absolute Gasteiger partial charge is 0.129 e. The highest BCUT2D eigenvalue weighted by Gasteiger charge is 2.09. The van der Waals surface area contributed by atoms with Gasteiger partial charge in [0.1, 0.15) is 18.2 Å². The Labute approximate surface area is 174 Å². The first-order chi connectivity index (χ1) is 14.1. The van der Waals surface area contributed by atoms with Crippen molar-refractivity contribution in [3.63, 3.8) is 0 Å². The summed E-state index contributed by atoms with van der Waals surface area (Å²) < 4.78 is 19.5. The Bertz CT molecular complexity index is 1200. The molecule has 0 heterocycles. The van der Waals surface area contributed by atoms with Gasteiger partial charge >= 0.3 is 0 Å². The molecule has 2 nitrogen and oxygen atoms in total. The van der Waals surface area contributed by atoms with E-state index in [0.29, 0.717) is 10.8 Å². The van der Waals surface area contributed by atoms with Crippen LogP contribution < -0.4 is 4.74 Å². The first kappa shape index (κ1) is 19.2. The van der Waals surface area contributed by atoms with Crippen molar-refractivity contribution < 1.29 is 9.13 Å². The largest absolute Gasteiger partial charge is 0.488 e. The molecule has 0 N–H and O–H groups in total. The van der Waals surface area contributed by atoms with Crippen molar-refractivity contribution in [1.82, 2.24) is 0 Å². The third kappa shape index (κ3) is 4.30. The van der Waals surface area contributed by atoms with E-state index in [0.717, 1.165) is 33.2 Å². The van der Waals surface area contributed by atoms with E-state index in [1.165, 1.54) is 12.1 Å². The summed E-state index contributed by atoms with van der Waals surface area (Å²) in [5, 5.41) is 2.81. The Hall–Kier alpha value is -3.17. The lowest BCUT2D eigenvalue weighted by Gasteiger charge is -2.12. The fourth-order valence-corrected chi connectivity index (χ4v) is 3.36. The SMILES string of the molecule is Cc1c(Cl)cccc1N=Cc1c(OCc2cccc(F)c2)ccc2ccccc12. The quantitative estimate of drug-likeness (QED) is 0.321. The maximum atomic E-state index is 13.5. The Morgan fingerprint density at radius 3 is 2.66 bits per heavy atom. The molecule has 0 amide bonds. The highest BCUT2D eigenvalue weighted by atomic mass is 35.5. The Morgan fingerprint density at radius 2 is 1.79 bits per heavy atom. The van der Waals surface area contributed by atoms with E-state index in [-0.39, 0.29) is 12.4 Å². The number of ether oxygens (including phenoxy) is 1. The van der Waals surface area contributed by atoms with Gasteiger partial charge < -0.3 is 4.74 Å². The van der Waals surface area contributed by atoms with E-state index < -0.39 is 0 Å². The van der Waals surface area contributed by atoms with Gasteiger partial charge in [-0.25, -0.2) is 4.39 Å². The zero-order chi connectivity index (χ0) is 20.2. The molecule has 0 saturated heterocycles. The van der Waals surface area contributed by atoms with Gasteiger partial charge in [0.2, 0.25) is 0 Å². The molecule has 29 heavy (non-hydrogen) atoms. The number of nitrogens with zero attached hydrogens (tertiary/aromatic N) is 1. The summed E-state index contributed by atoms with van der Waals surface area (Å²) in [7, 11) is 0. The van der Waals surface area contributed by atoms with Crippen LogP contribution in [0, 0.1) is 12.7 Å². The van der Waals surface area contributed by atoms with Crippen molar-refractivity contribution in [3.05, 3.63) is 106 Å². The van der Waals surface area contributed by atoms with E-state index >= 15 is 0 Å². The van der Waals surface area contributed by atoms with Crippen molar-refractivity contribution in [2.45, 2.75) is 13.5 Å². The number of fused-ring (bicyclic) bond motifs is 1. The molecule has 4 rings (SSSR count). The van der Waals surface area contributed by atoms with Gasteiger partial charge in [0.05, 0.1) is 5.69 Å². The van der Waals surface area contributed by atoms with Crippen LogP contribution in [0.1, 0.15) is 16.7 Å². The van der Waals surface area contributed by atoms with Crippen molar-refractivity contribution >= 4 is 34.3 Å². The van der Waals surface area contributed by atoms with Crippen LogP contribution in [0.15, 0.2) is 83.9 Å². The van der Waals surface area contributed by atoms with Crippen LogP contribution in [0.3, 0.4) is 0 Å². The van der Waals surface area contributed by atoms with Gasteiger partial charge in [-0.05, 0) is 59.2 Å². The first-order valence-electron chi connectivity index (χ1n) is 9.30. The summed E-state index contributed by atoms with van der Waals surface area (Å²) in [6.07, 6.45) is 1.81. The zero-order valence-electron chi connectivity index (χ0n) is 15.9. The van der Waals surface area contributed by atoms with Gasteiger partial charge in [-0.1, -0.05) is 60.1 Å². The highest BCUT2D eigenvalue weighted by molar-refractivity contribution is 6.31.